The van der Waals surface area contributed by atoms with Crippen LogP contribution in [0.5, 0.6) is 0 Å². The van der Waals surface area contributed by atoms with E-state index in [2.05, 4.69) is 22.6 Å². The lowest BCUT2D eigenvalue weighted by Crippen LogP contribution is -1.87. The van der Waals surface area contributed by atoms with E-state index in [1.165, 1.54) is 14.2 Å². The van der Waals surface area contributed by atoms with Crippen molar-refractivity contribution < 1.29 is 13.9 Å². The fourth-order valence-corrected chi connectivity index (χ4v) is 0.378. The van der Waals surface area contributed by atoms with E-state index in [9.17, 15) is 4.39 Å². The molecule has 0 saturated carbocycles. The zero-order valence-electron chi connectivity index (χ0n) is 6.69. The summed E-state index contributed by atoms with van der Waals surface area (Å²) in [6.45, 7) is 6.69. The van der Waals surface area contributed by atoms with E-state index in [0.717, 1.165) is 6.08 Å². The van der Waals surface area contributed by atoms with E-state index in [4.69, 9.17) is 0 Å². The maximum absolute atomic E-state index is 12.7. The number of halogens is 1. The highest BCUT2D eigenvalue weighted by Gasteiger charge is 2.00. The predicted molar refractivity (Wildman–Crippen MR) is 41.5 cm³/mol. The van der Waals surface area contributed by atoms with Crippen LogP contribution in [0.15, 0.2) is 36.6 Å². The fourth-order valence-electron chi connectivity index (χ4n) is 0.378. The Kier molecular flexibility index (Phi) is 4.03. The molecule has 0 heterocycles. The van der Waals surface area contributed by atoms with E-state index >= 15 is 0 Å². The standard InChI is InChI=1S/C8H11FO2/c1-6(10-3)5-8(9)7(2)11-4/h5H,1-2H2,3-4H3/b8-5+. The van der Waals surface area contributed by atoms with Crippen LogP contribution >= 0.6 is 0 Å². The van der Waals surface area contributed by atoms with Crippen LogP contribution in [0.1, 0.15) is 0 Å². The van der Waals surface area contributed by atoms with Crippen LogP contribution in [0.25, 0.3) is 0 Å². The Morgan fingerprint density at radius 2 is 1.82 bits per heavy atom. The molecule has 2 nitrogen and oxygen atoms in total. The summed E-state index contributed by atoms with van der Waals surface area (Å²) >= 11 is 0. The lowest BCUT2D eigenvalue weighted by Gasteiger charge is -2.01. The minimum Gasteiger partial charge on any atom is -0.497 e. The maximum atomic E-state index is 12.7. The molecule has 0 amide bonds. The molecule has 11 heavy (non-hydrogen) atoms. The largest absolute Gasteiger partial charge is 0.497 e. The van der Waals surface area contributed by atoms with Gasteiger partial charge in [0.2, 0.25) is 0 Å². The summed E-state index contributed by atoms with van der Waals surface area (Å²) in [6, 6.07) is 0. The zero-order valence-corrected chi connectivity index (χ0v) is 6.69. The highest BCUT2D eigenvalue weighted by Crippen LogP contribution is 2.11. The average molecular weight is 158 g/mol. The molecule has 0 saturated heterocycles. The summed E-state index contributed by atoms with van der Waals surface area (Å²) in [4.78, 5) is 0. The summed E-state index contributed by atoms with van der Waals surface area (Å²) in [5.74, 6) is -0.400. The van der Waals surface area contributed by atoms with Crippen molar-refractivity contribution in [2.45, 2.75) is 0 Å². The SMILES string of the molecule is C=C(/C=C(/F)C(=C)OC)OC. The summed E-state index contributed by atoms with van der Waals surface area (Å²) in [5.41, 5.74) is 0. The molecule has 0 aromatic heterocycles. The van der Waals surface area contributed by atoms with Crippen molar-refractivity contribution in [3.05, 3.63) is 36.6 Å². The third-order valence-corrected chi connectivity index (χ3v) is 1.06. The van der Waals surface area contributed by atoms with Gasteiger partial charge in [0.25, 0.3) is 0 Å². The first kappa shape index (κ1) is 9.75. The van der Waals surface area contributed by atoms with Crippen LogP contribution in [0, 0.1) is 0 Å². The minimum absolute atomic E-state index is 0.0387. The highest BCUT2D eigenvalue weighted by atomic mass is 19.1. The first-order valence-electron chi connectivity index (χ1n) is 2.95. The first-order chi connectivity index (χ1) is 5.11. The fraction of sp³-hybridized carbons (Fsp3) is 0.250. The van der Waals surface area contributed by atoms with Crippen LogP contribution < -0.4 is 0 Å². The van der Waals surface area contributed by atoms with Gasteiger partial charge in [0.05, 0.1) is 14.2 Å². The first-order valence-corrected chi connectivity index (χ1v) is 2.95. The molecule has 0 atom stereocenters. The van der Waals surface area contributed by atoms with Crippen molar-refractivity contribution >= 4 is 0 Å². The van der Waals surface area contributed by atoms with Crippen molar-refractivity contribution in [3.63, 3.8) is 0 Å². The molecule has 62 valence electrons. The summed E-state index contributed by atoms with van der Waals surface area (Å²) < 4.78 is 21.9. The highest BCUT2D eigenvalue weighted by molar-refractivity contribution is 5.23. The van der Waals surface area contributed by atoms with E-state index in [0.29, 0.717) is 0 Å². The Bertz CT molecular complexity index is 194. The molecule has 0 spiro atoms. The molecule has 0 aromatic carbocycles. The second-order valence-corrected chi connectivity index (χ2v) is 1.79. The van der Waals surface area contributed by atoms with Crippen LogP contribution in [-0.2, 0) is 9.47 Å². The molecule has 0 aromatic rings. The molecular weight excluding hydrogens is 147 g/mol. The van der Waals surface area contributed by atoms with Gasteiger partial charge in [-0.15, -0.1) is 0 Å². The molecule has 0 rings (SSSR count). The quantitative estimate of drug-likeness (QED) is 0.461. The summed E-state index contributed by atoms with van der Waals surface area (Å²) in [6.07, 6.45) is 1.10. The molecule has 0 aliphatic heterocycles. The van der Waals surface area contributed by atoms with Gasteiger partial charge < -0.3 is 9.47 Å². The zero-order chi connectivity index (χ0) is 8.85. The van der Waals surface area contributed by atoms with Gasteiger partial charge in [0.15, 0.2) is 5.83 Å². The van der Waals surface area contributed by atoms with Gasteiger partial charge in [-0.3, -0.25) is 0 Å². The van der Waals surface area contributed by atoms with Gasteiger partial charge >= 0.3 is 0 Å². The number of allylic oxidation sites excluding steroid dienone is 2. The van der Waals surface area contributed by atoms with Gasteiger partial charge in [-0.05, 0) is 0 Å². The molecule has 0 N–H and O–H groups in total. The second-order valence-electron chi connectivity index (χ2n) is 1.79. The lowest BCUT2D eigenvalue weighted by atomic mass is 10.4. The average Bonchev–Trinajstić information content (AvgIpc) is 2.02. The van der Waals surface area contributed by atoms with Gasteiger partial charge in [-0.2, -0.15) is 0 Å². The van der Waals surface area contributed by atoms with E-state index in [-0.39, 0.29) is 11.5 Å². The molecular formula is C8H11FO2. The van der Waals surface area contributed by atoms with E-state index < -0.39 is 5.83 Å². The van der Waals surface area contributed by atoms with Crippen molar-refractivity contribution in [3.8, 4) is 0 Å². The number of hydrogen-bond donors (Lipinski definition) is 0. The number of ether oxygens (including phenoxy) is 2. The van der Waals surface area contributed by atoms with Gasteiger partial charge in [0, 0.05) is 6.08 Å². The van der Waals surface area contributed by atoms with Crippen molar-refractivity contribution in [2.75, 3.05) is 14.2 Å². The Morgan fingerprint density at radius 3 is 2.18 bits per heavy atom. The second kappa shape index (κ2) is 4.55. The van der Waals surface area contributed by atoms with Crippen LogP contribution in [-0.4, -0.2) is 14.2 Å². The normalized spacial score (nSPS) is 10.6. The Morgan fingerprint density at radius 1 is 1.27 bits per heavy atom. The predicted octanol–water partition coefficient (Wildman–Crippen LogP) is 2.16. The third-order valence-electron chi connectivity index (χ3n) is 1.06. The molecule has 0 unspecified atom stereocenters. The summed E-state index contributed by atoms with van der Waals surface area (Å²) in [5, 5.41) is 0. The Labute approximate surface area is 65.6 Å². The smallest absolute Gasteiger partial charge is 0.168 e. The van der Waals surface area contributed by atoms with E-state index in [1.807, 2.05) is 0 Å². The number of methoxy groups -OCH3 is 2. The van der Waals surface area contributed by atoms with Gasteiger partial charge in [-0.1, -0.05) is 13.2 Å². The topological polar surface area (TPSA) is 18.5 Å². The number of rotatable bonds is 4. The minimum atomic E-state index is -0.584. The van der Waals surface area contributed by atoms with Gasteiger partial charge in [-0.25, -0.2) is 4.39 Å². The van der Waals surface area contributed by atoms with Crippen molar-refractivity contribution in [1.82, 2.24) is 0 Å². The third kappa shape index (κ3) is 3.45. The van der Waals surface area contributed by atoms with Gasteiger partial charge in [0.1, 0.15) is 11.5 Å². The molecule has 0 bridgehead atoms. The summed E-state index contributed by atoms with van der Waals surface area (Å²) in [7, 11) is 2.74. The van der Waals surface area contributed by atoms with Crippen LogP contribution in [0.4, 0.5) is 4.39 Å². The molecule has 3 heteroatoms. The van der Waals surface area contributed by atoms with Crippen molar-refractivity contribution in [1.29, 1.82) is 0 Å². The maximum Gasteiger partial charge on any atom is 0.168 e. The molecule has 0 radical (unpaired) electrons. The molecule has 0 aliphatic rings. The van der Waals surface area contributed by atoms with Crippen LogP contribution in [0.2, 0.25) is 0 Å². The Hall–Kier alpha value is -1.25. The van der Waals surface area contributed by atoms with Crippen molar-refractivity contribution in [2.24, 2.45) is 0 Å². The van der Waals surface area contributed by atoms with E-state index in [1.54, 1.807) is 0 Å². The number of hydrogen-bond acceptors (Lipinski definition) is 2. The monoisotopic (exact) mass is 158 g/mol. The Balaban J connectivity index is 4.21. The van der Waals surface area contributed by atoms with Crippen LogP contribution in [0.3, 0.4) is 0 Å². The molecule has 0 aliphatic carbocycles. The molecule has 0 fully saturated rings. The lowest BCUT2D eigenvalue weighted by molar-refractivity contribution is 0.280.